The van der Waals surface area contributed by atoms with Crippen molar-refractivity contribution in [2.24, 2.45) is 0 Å². The largest absolute Gasteiger partial charge is 0.0616 e. The normalized spacial score (nSPS) is 9.92. The summed E-state index contributed by atoms with van der Waals surface area (Å²) in [5.74, 6) is 6.33. The third-order valence-electron chi connectivity index (χ3n) is 3.99. The standard InChI is InChI=1S/C24H14S/c1-3-7-23-17-19(9-11-21(23)5-1)13-15-25-16-14-20-10-12-22-6-2-4-8-24(22)18-20/h1-12,17-18H. The van der Waals surface area contributed by atoms with Crippen molar-refractivity contribution in [2.45, 2.75) is 0 Å². The van der Waals surface area contributed by atoms with Crippen LogP contribution in [0.4, 0.5) is 0 Å². The summed E-state index contributed by atoms with van der Waals surface area (Å²) in [6, 6.07) is 29.1. The van der Waals surface area contributed by atoms with Gasteiger partial charge in [-0.15, -0.1) is 0 Å². The van der Waals surface area contributed by atoms with Crippen molar-refractivity contribution in [1.82, 2.24) is 0 Å². The smallest absolute Gasteiger partial charge is 0.0261 e. The molecule has 0 aliphatic rings. The summed E-state index contributed by atoms with van der Waals surface area (Å²) in [6.45, 7) is 0. The van der Waals surface area contributed by atoms with Crippen molar-refractivity contribution in [3.05, 3.63) is 96.1 Å². The Morgan fingerprint density at radius 2 is 0.920 bits per heavy atom. The van der Waals surface area contributed by atoms with Gasteiger partial charge in [-0.25, -0.2) is 0 Å². The van der Waals surface area contributed by atoms with E-state index in [1.165, 1.54) is 33.3 Å². The van der Waals surface area contributed by atoms with Crippen molar-refractivity contribution in [3.63, 3.8) is 0 Å². The third-order valence-corrected chi connectivity index (χ3v) is 4.40. The van der Waals surface area contributed by atoms with Crippen molar-refractivity contribution >= 4 is 33.3 Å². The first-order chi connectivity index (χ1) is 12.4. The highest BCUT2D eigenvalue weighted by Gasteiger charge is 1.93. The van der Waals surface area contributed by atoms with E-state index in [4.69, 9.17) is 0 Å². The lowest BCUT2D eigenvalue weighted by molar-refractivity contribution is 1.70. The molecule has 116 valence electrons. The van der Waals surface area contributed by atoms with E-state index in [0.29, 0.717) is 0 Å². The molecule has 4 aromatic carbocycles. The summed E-state index contributed by atoms with van der Waals surface area (Å²) in [5, 5.41) is 11.0. The lowest BCUT2D eigenvalue weighted by Gasteiger charge is -1.97. The highest BCUT2D eigenvalue weighted by atomic mass is 32.2. The zero-order valence-electron chi connectivity index (χ0n) is 13.5. The van der Waals surface area contributed by atoms with Crippen molar-refractivity contribution < 1.29 is 0 Å². The van der Waals surface area contributed by atoms with Gasteiger partial charge in [0, 0.05) is 22.9 Å². The Hall–Kier alpha value is -3.13. The van der Waals surface area contributed by atoms with Crippen LogP contribution in [0.1, 0.15) is 11.1 Å². The van der Waals surface area contributed by atoms with Gasteiger partial charge in [-0.3, -0.25) is 0 Å². The summed E-state index contributed by atoms with van der Waals surface area (Å²) in [5.41, 5.74) is 2.03. The molecule has 0 saturated heterocycles. The number of benzene rings is 4. The molecule has 4 aromatic rings. The van der Waals surface area contributed by atoms with Crippen LogP contribution < -0.4 is 0 Å². The summed E-state index contributed by atoms with van der Waals surface area (Å²) >= 11 is 1.33. The van der Waals surface area contributed by atoms with Gasteiger partial charge >= 0.3 is 0 Å². The summed E-state index contributed by atoms with van der Waals surface area (Å²) in [6.07, 6.45) is 0. The molecule has 0 aliphatic heterocycles. The van der Waals surface area contributed by atoms with Crippen molar-refractivity contribution in [1.29, 1.82) is 0 Å². The number of rotatable bonds is 0. The second-order valence-corrected chi connectivity index (χ2v) is 6.29. The first kappa shape index (κ1) is 15.4. The molecule has 0 N–H and O–H groups in total. The Bertz CT molecular complexity index is 1090. The highest BCUT2D eigenvalue weighted by Crippen LogP contribution is 2.16. The maximum absolute atomic E-state index is 3.16. The van der Waals surface area contributed by atoms with Gasteiger partial charge in [0.25, 0.3) is 0 Å². The molecule has 0 aromatic heterocycles. The Balaban J connectivity index is 1.48. The van der Waals surface area contributed by atoms with E-state index < -0.39 is 0 Å². The summed E-state index contributed by atoms with van der Waals surface area (Å²) in [4.78, 5) is 0. The Kier molecular flexibility index (Phi) is 4.42. The van der Waals surface area contributed by atoms with Crippen molar-refractivity contribution in [2.75, 3.05) is 0 Å². The zero-order chi connectivity index (χ0) is 16.9. The zero-order valence-corrected chi connectivity index (χ0v) is 14.3. The number of thioether (sulfide) groups is 1. The number of hydrogen-bond acceptors (Lipinski definition) is 1. The molecule has 0 atom stereocenters. The molecule has 1 heteroatoms. The van der Waals surface area contributed by atoms with Gasteiger partial charge in [-0.05, 0) is 56.3 Å². The molecule has 0 bridgehead atoms. The fourth-order valence-electron chi connectivity index (χ4n) is 2.73. The first-order valence-electron chi connectivity index (χ1n) is 8.04. The molecule has 0 spiro atoms. The first-order valence-corrected chi connectivity index (χ1v) is 8.86. The minimum atomic E-state index is 1.01. The Morgan fingerprint density at radius 1 is 0.480 bits per heavy atom. The van der Waals surface area contributed by atoms with Gasteiger partial charge in [0.15, 0.2) is 0 Å². The second kappa shape index (κ2) is 7.18. The molecule has 25 heavy (non-hydrogen) atoms. The van der Waals surface area contributed by atoms with E-state index in [1.807, 2.05) is 36.4 Å². The van der Waals surface area contributed by atoms with Crippen LogP contribution >= 0.6 is 11.8 Å². The van der Waals surface area contributed by atoms with Crippen LogP contribution in [0, 0.1) is 22.3 Å². The summed E-state index contributed by atoms with van der Waals surface area (Å²) in [7, 11) is 0. The average Bonchev–Trinajstić information content (AvgIpc) is 2.67. The van der Waals surface area contributed by atoms with Crippen LogP contribution in [0.3, 0.4) is 0 Å². The Labute approximate surface area is 151 Å². The third kappa shape index (κ3) is 3.69. The van der Waals surface area contributed by atoms with Crippen LogP contribution in [0.2, 0.25) is 0 Å². The predicted octanol–water partition coefficient (Wildman–Crippen LogP) is 6.04. The number of fused-ring (bicyclic) bond motifs is 2. The molecule has 0 aliphatic carbocycles. The van der Waals surface area contributed by atoms with Crippen LogP contribution in [0.15, 0.2) is 84.9 Å². The second-order valence-electron chi connectivity index (χ2n) is 5.68. The van der Waals surface area contributed by atoms with E-state index in [2.05, 4.69) is 70.9 Å². The summed E-state index contributed by atoms with van der Waals surface area (Å²) < 4.78 is 0. The lowest BCUT2D eigenvalue weighted by atomic mass is 10.1. The van der Waals surface area contributed by atoms with Crippen LogP contribution in [-0.2, 0) is 0 Å². The molecule has 0 heterocycles. The Morgan fingerprint density at radius 3 is 1.40 bits per heavy atom. The number of hydrogen-bond donors (Lipinski definition) is 0. The van der Waals surface area contributed by atoms with E-state index >= 15 is 0 Å². The molecule has 0 saturated carbocycles. The lowest BCUT2D eigenvalue weighted by Crippen LogP contribution is -1.76. The molecular formula is C24H14S. The monoisotopic (exact) mass is 334 g/mol. The van der Waals surface area contributed by atoms with E-state index in [9.17, 15) is 0 Å². The topological polar surface area (TPSA) is 0 Å². The molecule has 0 amide bonds. The van der Waals surface area contributed by atoms with E-state index in [-0.39, 0.29) is 0 Å². The van der Waals surface area contributed by atoms with E-state index in [1.54, 1.807) is 0 Å². The predicted molar refractivity (Wildman–Crippen MR) is 109 cm³/mol. The van der Waals surface area contributed by atoms with Crippen molar-refractivity contribution in [3.8, 4) is 22.3 Å². The fourth-order valence-corrected chi connectivity index (χ4v) is 3.12. The maximum Gasteiger partial charge on any atom is 0.0261 e. The molecule has 0 unspecified atom stereocenters. The van der Waals surface area contributed by atoms with Gasteiger partial charge in [0.2, 0.25) is 0 Å². The molecule has 0 radical (unpaired) electrons. The SMILES string of the molecule is C(#Cc1ccc2ccccc2c1)SC#Cc1ccc2ccccc2c1. The molecular weight excluding hydrogens is 320 g/mol. The molecule has 0 fully saturated rings. The van der Waals surface area contributed by atoms with Crippen LogP contribution in [0.5, 0.6) is 0 Å². The quantitative estimate of drug-likeness (QED) is 0.353. The molecule has 0 nitrogen and oxygen atoms in total. The average molecular weight is 334 g/mol. The minimum Gasteiger partial charge on any atom is -0.0616 e. The minimum absolute atomic E-state index is 1.01. The maximum atomic E-state index is 3.16. The van der Waals surface area contributed by atoms with Gasteiger partial charge in [0.1, 0.15) is 0 Å². The van der Waals surface area contributed by atoms with Gasteiger partial charge in [-0.1, -0.05) is 72.5 Å². The fraction of sp³-hybridized carbons (Fsp3) is 0. The van der Waals surface area contributed by atoms with Gasteiger partial charge in [0.05, 0.1) is 0 Å². The highest BCUT2D eigenvalue weighted by molar-refractivity contribution is 8.08. The van der Waals surface area contributed by atoms with Crippen LogP contribution in [-0.4, -0.2) is 0 Å². The van der Waals surface area contributed by atoms with Crippen LogP contribution in [0.25, 0.3) is 21.5 Å². The molecule has 4 rings (SSSR count). The van der Waals surface area contributed by atoms with E-state index in [0.717, 1.165) is 11.1 Å². The van der Waals surface area contributed by atoms with Gasteiger partial charge < -0.3 is 0 Å². The van der Waals surface area contributed by atoms with Gasteiger partial charge in [-0.2, -0.15) is 0 Å².